The van der Waals surface area contributed by atoms with Crippen molar-refractivity contribution >= 4 is 5.97 Å². The minimum Gasteiger partial charge on any atom is -0.495 e. The number of hydrogen-bond donors (Lipinski definition) is 1. The van der Waals surface area contributed by atoms with Crippen molar-refractivity contribution in [1.29, 1.82) is 0 Å². The Bertz CT molecular complexity index is 1200. The highest BCUT2D eigenvalue weighted by molar-refractivity contribution is 5.68. The van der Waals surface area contributed by atoms with Crippen LogP contribution < -0.4 is 18.9 Å². The molecular weight excluding hydrogens is 429 g/mol. The Morgan fingerprint density at radius 3 is 2.82 bits per heavy atom. The number of hydrogen-bond acceptors (Lipinski definition) is 6. The fourth-order valence-electron chi connectivity index (χ4n) is 4.39. The largest absolute Gasteiger partial charge is 0.495 e. The molecule has 2 heterocycles. The highest BCUT2D eigenvalue weighted by Gasteiger charge is 2.32. The average molecular weight is 451 g/mol. The smallest absolute Gasteiger partial charge is 0.304 e. The van der Waals surface area contributed by atoms with Gasteiger partial charge in [0.05, 0.1) is 26.3 Å². The van der Waals surface area contributed by atoms with Gasteiger partial charge in [-0.3, -0.25) is 4.79 Å². The van der Waals surface area contributed by atoms with Gasteiger partial charge in [-0.25, -0.2) is 9.37 Å². The number of pyridine rings is 1. The number of fused-ring (bicyclic) bond motifs is 2. The minimum absolute atomic E-state index is 0.0141. The molecule has 0 saturated heterocycles. The molecule has 0 unspecified atom stereocenters. The molecule has 1 aliphatic heterocycles. The van der Waals surface area contributed by atoms with Crippen molar-refractivity contribution < 1.29 is 33.2 Å². The molecule has 33 heavy (non-hydrogen) atoms. The standard InChI is InChI=1S/C25H22FNO6/c1-30-16-3-9-23(27-12-16)33-20-8-6-19(26)25-18(20)5-7-21(25)32-15-2-4-17-14(10-24(28)29)13-31-22(17)11-15/h2-4,6,8-9,11-12,14,21H,5,7,10,13H2,1H3,(H,28,29)/t14-,21-/m1/s1. The lowest BCUT2D eigenvalue weighted by molar-refractivity contribution is -0.137. The molecule has 0 fully saturated rings. The van der Waals surface area contributed by atoms with Crippen LogP contribution >= 0.6 is 0 Å². The summed E-state index contributed by atoms with van der Waals surface area (Å²) >= 11 is 0. The summed E-state index contributed by atoms with van der Waals surface area (Å²) in [6, 6.07) is 11.8. The molecule has 1 aromatic heterocycles. The number of nitrogens with zero attached hydrogens (tertiary/aromatic N) is 1. The fraction of sp³-hybridized carbons (Fsp3) is 0.280. The monoisotopic (exact) mass is 451 g/mol. The number of ether oxygens (including phenoxy) is 4. The Morgan fingerprint density at radius 2 is 2.06 bits per heavy atom. The van der Waals surface area contributed by atoms with Crippen LogP contribution in [0.3, 0.4) is 0 Å². The van der Waals surface area contributed by atoms with Crippen molar-refractivity contribution in [3.8, 4) is 28.9 Å². The zero-order valence-corrected chi connectivity index (χ0v) is 17.9. The molecule has 0 spiro atoms. The first kappa shape index (κ1) is 21.1. The Labute approximate surface area is 189 Å². The van der Waals surface area contributed by atoms with Crippen molar-refractivity contribution in [2.24, 2.45) is 0 Å². The number of carboxylic acids is 1. The van der Waals surface area contributed by atoms with Crippen molar-refractivity contribution in [2.45, 2.75) is 31.3 Å². The molecule has 2 aromatic carbocycles. The lowest BCUT2D eigenvalue weighted by atomic mass is 9.98. The van der Waals surface area contributed by atoms with Gasteiger partial charge in [0.25, 0.3) is 0 Å². The third-order valence-electron chi connectivity index (χ3n) is 5.96. The van der Waals surface area contributed by atoms with Gasteiger partial charge in [-0.05, 0) is 37.1 Å². The minimum atomic E-state index is -0.863. The van der Waals surface area contributed by atoms with Crippen LogP contribution in [-0.2, 0) is 11.2 Å². The van der Waals surface area contributed by atoms with Crippen molar-refractivity contribution in [1.82, 2.24) is 4.98 Å². The van der Waals surface area contributed by atoms with Crippen molar-refractivity contribution in [3.63, 3.8) is 0 Å². The van der Waals surface area contributed by atoms with Crippen LogP contribution in [-0.4, -0.2) is 29.8 Å². The molecule has 2 atom stereocenters. The van der Waals surface area contributed by atoms with Crippen molar-refractivity contribution in [2.75, 3.05) is 13.7 Å². The van der Waals surface area contributed by atoms with Gasteiger partial charge >= 0.3 is 5.97 Å². The maximum atomic E-state index is 14.8. The number of carboxylic acid groups (broad SMARTS) is 1. The first-order valence-electron chi connectivity index (χ1n) is 10.7. The van der Waals surface area contributed by atoms with E-state index < -0.39 is 12.1 Å². The summed E-state index contributed by atoms with van der Waals surface area (Å²) in [5.41, 5.74) is 2.09. The molecule has 7 nitrogen and oxygen atoms in total. The number of benzene rings is 2. The van der Waals surface area contributed by atoms with E-state index in [9.17, 15) is 9.18 Å². The normalized spacial score (nSPS) is 18.2. The van der Waals surface area contributed by atoms with E-state index in [4.69, 9.17) is 24.1 Å². The summed E-state index contributed by atoms with van der Waals surface area (Å²) in [7, 11) is 1.56. The number of methoxy groups -OCH3 is 1. The number of rotatable bonds is 7. The second-order valence-corrected chi connectivity index (χ2v) is 8.03. The van der Waals surface area contributed by atoms with E-state index in [0.29, 0.717) is 53.9 Å². The number of aliphatic carboxylic acids is 1. The lowest BCUT2D eigenvalue weighted by Crippen LogP contribution is -2.07. The van der Waals surface area contributed by atoms with Crippen LogP contribution in [0, 0.1) is 5.82 Å². The molecule has 5 rings (SSSR count). The SMILES string of the molecule is COc1ccc(Oc2ccc(F)c3c2CC[C@H]3Oc2ccc3c(c2)OC[C@H]3CC(=O)O)nc1. The van der Waals surface area contributed by atoms with E-state index in [0.717, 1.165) is 11.1 Å². The molecule has 0 saturated carbocycles. The number of carbonyl (C=O) groups is 1. The third kappa shape index (κ3) is 4.16. The van der Waals surface area contributed by atoms with Crippen LogP contribution in [0.1, 0.15) is 41.6 Å². The Hall–Kier alpha value is -3.81. The molecule has 0 bridgehead atoms. The molecule has 0 radical (unpaired) electrons. The maximum Gasteiger partial charge on any atom is 0.304 e. The average Bonchev–Trinajstić information content (AvgIpc) is 3.41. The number of halogens is 1. The fourth-order valence-corrected chi connectivity index (χ4v) is 4.39. The molecular formula is C25H22FNO6. The second-order valence-electron chi connectivity index (χ2n) is 8.03. The zero-order chi connectivity index (χ0) is 22.9. The van der Waals surface area contributed by atoms with Gasteiger partial charge in [0, 0.05) is 34.7 Å². The summed E-state index contributed by atoms with van der Waals surface area (Å²) in [6.07, 6.45) is 2.30. The van der Waals surface area contributed by atoms with E-state index in [1.54, 1.807) is 43.6 Å². The van der Waals surface area contributed by atoms with Gasteiger partial charge in [-0.15, -0.1) is 0 Å². The Balaban J connectivity index is 1.36. The molecule has 1 N–H and O–H groups in total. The van der Waals surface area contributed by atoms with Crippen molar-refractivity contribution in [3.05, 3.63) is 71.2 Å². The van der Waals surface area contributed by atoms with E-state index in [1.165, 1.54) is 6.07 Å². The lowest BCUT2D eigenvalue weighted by Gasteiger charge is -2.17. The predicted molar refractivity (Wildman–Crippen MR) is 116 cm³/mol. The van der Waals surface area contributed by atoms with Gasteiger partial charge in [0.1, 0.15) is 34.9 Å². The highest BCUT2D eigenvalue weighted by Crippen LogP contribution is 2.44. The Morgan fingerprint density at radius 1 is 1.21 bits per heavy atom. The van der Waals surface area contributed by atoms with E-state index in [2.05, 4.69) is 4.98 Å². The summed E-state index contributed by atoms with van der Waals surface area (Å²) in [6.45, 7) is 0.325. The van der Waals surface area contributed by atoms with Crippen LogP contribution in [0.5, 0.6) is 28.9 Å². The third-order valence-corrected chi connectivity index (χ3v) is 5.96. The van der Waals surface area contributed by atoms with Gasteiger partial charge in [0.2, 0.25) is 5.88 Å². The molecule has 2 aliphatic rings. The van der Waals surface area contributed by atoms with E-state index in [1.807, 2.05) is 6.07 Å². The van der Waals surface area contributed by atoms with Crippen LogP contribution in [0.15, 0.2) is 48.7 Å². The maximum absolute atomic E-state index is 14.8. The highest BCUT2D eigenvalue weighted by atomic mass is 19.1. The number of aromatic nitrogens is 1. The van der Waals surface area contributed by atoms with Crippen LogP contribution in [0.25, 0.3) is 0 Å². The van der Waals surface area contributed by atoms with Gasteiger partial charge in [-0.2, -0.15) is 0 Å². The van der Waals surface area contributed by atoms with Gasteiger partial charge in [0.15, 0.2) is 0 Å². The zero-order valence-electron chi connectivity index (χ0n) is 17.9. The molecule has 170 valence electrons. The van der Waals surface area contributed by atoms with Crippen LogP contribution in [0.2, 0.25) is 0 Å². The van der Waals surface area contributed by atoms with E-state index in [-0.39, 0.29) is 18.2 Å². The quantitative estimate of drug-likeness (QED) is 0.539. The molecule has 3 aromatic rings. The van der Waals surface area contributed by atoms with Gasteiger partial charge < -0.3 is 24.1 Å². The summed E-state index contributed by atoms with van der Waals surface area (Å²) < 4.78 is 37.6. The Kier molecular flexibility index (Phi) is 5.50. The predicted octanol–water partition coefficient (Wildman–Crippen LogP) is 5.04. The topological polar surface area (TPSA) is 87.1 Å². The first-order chi connectivity index (χ1) is 16.0. The summed E-state index contributed by atoms with van der Waals surface area (Å²) in [4.78, 5) is 15.3. The summed E-state index contributed by atoms with van der Waals surface area (Å²) in [5.74, 6) is 1.32. The van der Waals surface area contributed by atoms with Gasteiger partial charge in [-0.1, -0.05) is 6.07 Å². The first-order valence-corrected chi connectivity index (χ1v) is 10.7. The van der Waals surface area contributed by atoms with E-state index >= 15 is 0 Å². The molecule has 1 aliphatic carbocycles. The van der Waals surface area contributed by atoms with Crippen LogP contribution in [0.4, 0.5) is 4.39 Å². The summed E-state index contributed by atoms with van der Waals surface area (Å²) in [5, 5.41) is 9.07. The second kappa shape index (κ2) is 8.61. The molecule has 8 heteroatoms. The molecule has 0 amide bonds.